The second kappa shape index (κ2) is 8.41. The van der Waals surface area contributed by atoms with Crippen molar-refractivity contribution in [1.29, 1.82) is 0 Å². The van der Waals surface area contributed by atoms with E-state index in [2.05, 4.69) is 10.7 Å². The monoisotopic (exact) mass is 412 g/mol. The molecule has 136 valence electrons. The van der Waals surface area contributed by atoms with Crippen LogP contribution in [-0.4, -0.2) is 54.1 Å². The van der Waals surface area contributed by atoms with Crippen molar-refractivity contribution in [3.05, 3.63) is 33.4 Å². The molecule has 1 fully saturated rings. The topological polar surface area (TPSA) is 59.1 Å². The van der Waals surface area contributed by atoms with Crippen LogP contribution in [0.1, 0.15) is 5.56 Å². The number of esters is 1. The maximum absolute atomic E-state index is 12.4. The zero-order valence-electron chi connectivity index (χ0n) is 13.9. The first-order valence-corrected chi connectivity index (χ1v) is 8.40. The van der Waals surface area contributed by atoms with Crippen molar-refractivity contribution in [3.63, 3.8) is 0 Å². The Kier molecular flexibility index (Phi) is 6.48. The molecule has 1 aromatic rings. The number of hydrogen-bond acceptors (Lipinski definition) is 5. The molecule has 1 amide bonds. The number of carbonyl (C=O) groups is 2. The van der Waals surface area contributed by atoms with Gasteiger partial charge in [0.25, 0.3) is 5.91 Å². The van der Waals surface area contributed by atoms with Crippen LogP contribution in [0.3, 0.4) is 0 Å². The summed E-state index contributed by atoms with van der Waals surface area (Å²) in [4.78, 5) is 26.7. The highest BCUT2D eigenvalue weighted by Crippen LogP contribution is 2.35. The number of rotatable bonds is 5. The highest BCUT2D eigenvalue weighted by atomic mass is 35.5. The third-order valence-electron chi connectivity index (χ3n) is 3.47. The second-order valence-electron chi connectivity index (χ2n) is 5.15. The van der Waals surface area contributed by atoms with E-state index >= 15 is 0 Å². The van der Waals surface area contributed by atoms with Gasteiger partial charge >= 0.3 is 5.97 Å². The van der Waals surface area contributed by atoms with Gasteiger partial charge in [-0.2, -0.15) is 0 Å². The Labute approximate surface area is 166 Å². The lowest BCUT2D eigenvalue weighted by Crippen LogP contribution is -2.33. The molecule has 0 spiro atoms. The summed E-state index contributed by atoms with van der Waals surface area (Å²) in [6.07, 6.45) is 6.69. The van der Waals surface area contributed by atoms with E-state index in [4.69, 9.17) is 46.6 Å². The Balaban J connectivity index is 2.42. The van der Waals surface area contributed by atoms with Gasteiger partial charge in [-0.15, -0.1) is 6.42 Å². The zero-order chi connectivity index (χ0) is 19.4. The van der Waals surface area contributed by atoms with Crippen molar-refractivity contribution in [3.8, 4) is 18.1 Å². The van der Waals surface area contributed by atoms with Gasteiger partial charge in [0, 0.05) is 7.05 Å². The number of amides is 1. The molecule has 2 rings (SSSR count). The average Bonchev–Trinajstić information content (AvgIpc) is 2.79. The standard InChI is InChI=1S/C17H14Cl2N2O4S/c1-4-5-25-15-11(18)6-10(7-12(15)19)8-13-16(23)20(2)17(26)21(13)9-14(22)24-3/h1,6-8H,5,9H2,2-3H3/b13-8-. The van der Waals surface area contributed by atoms with E-state index in [0.717, 1.165) is 0 Å². The van der Waals surface area contributed by atoms with Gasteiger partial charge in [0.1, 0.15) is 18.8 Å². The van der Waals surface area contributed by atoms with Crippen LogP contribution in [0, 0.1) is 12.3 Å². The van der Waals surface area contributed by atoms with Crippen LogP contribution in [0.5, 0.6) is 5.75 Å². The molecule has 1 aliphatic rings. The zero-order valence-corrected chi connectivity index (χ0v) is 16.2. The minimum atomic E-state index is -0.532. The third-order valence-corrected chi connectivity index (χ3v) is 4.53. The number of likely N-dealkylation sites (N-methyl/N-ethyl adjacent to an activating group) is 1. The highest BCUT2D eigenvalue weighted by molar-refractivity contribution is 7.80. The minimum Gasteiger partial charge on any atom is -0.478 e. The third kappa shape index (κ3) is 4.10. The maximum atomic E-state index is 12.4. The number of nitrogens with zero attached hydrogens (tertiary/aromatic N) is 2. The van der Waals surface area contributed by atoms with Crippen LogP contribution in [0.15, 0.2) is 17.8 Å². The molecule has 26 heavy (non-hydrogen) atoms. The van der Waals surface area contributed by atoms with E-state index in [-0.39, 0.29) is 45.7 Å². The molecule has 1 aliphatic heterocycles. The largest absolute Gasteiger partial charge is 0.478 e. The Morgan fingerprint density at radius 1 is 1.38 bits per heavy atom. The van der Waals surface area contributed by atoms with Crippen molar-refractivity contribution in [1.82, 2.24) is 9.80 Å². The van der Waals surface area contributed by atoms with Gasteiger partial charge in [-0.3, -0.25) is 14.5 Å². The fraction of sp³-hybridized carbons (Fsp3) is 0.235. The normalized spacial score (nSPS) is 15.4. The van der Waals surface area contributed by atoms with E-state index in [1.807, 2.05) is 0 Å². The fourth-order valence-electron chi connectivity index (χ4n) is 2.22. The van der Waals surface area contributed by atoms with E-state index < -0.39 is 5.97 Å². The molecule has 0 bridgehead atoms. The predicted molar refractivity (Wildman–Crippen MR) is 103 cm³/mol. The van der Waals surface area contributed by atoms with Gasteiger partial charge in [-0.1, -0.05) is 29.1 Å². The van der Waals surface area contributed by atoms with Gasteiger partial charge in [-0.05, 0) is 36.0 Å². The lowest BCUT2D eigenvalue weighted by molar-refractivity contribution is -0.140. The van der Waals surface area contributed by atoms with E-state index in [1.54, 1.807) is 12.1 Å². The first-order chi connectivity index (χ1) is 12.3. The first kappa shape index (κ1) is 20.0. The molecule has 1 saturated heterocycles. The number of carbonyl (C=O) groups excluding carboxylic acids is 2. The molecule has 0 radical (unpaired) electrons. The molecule has 6 nitrogen and oxygen atoms in total. The van der Waals surface area contributed by atoms with Gasteiger partial charge in [0.15, 0.2) is 10.9 Å². The van der Waals surface area contributed by atoms with Crippen LogP contribution in [0.25, 0.3) is 6.08 Å². The summed E-state index contributed by atoms with van der Waals surface area (Å²) in [5.41, 5.74) is 0.733. The Morgan fingerprint density at radius 3 is 2.54 bits per heavy atom. The molecule has 0 aromatic heterocycles. The van der Waals surface area contributed by atoms with E-state index in [0.29, 0.717) is 5.56 Å². The summed E-state index contributed by atoms with van der Waals surface area (Å²) in [5.74, 6) is 1.68. The van der Waals surface area contributed by atoms with Crippen LogP contribution < -0.4 is 4.74 Å². The van der Waals surface area contributed by atoms with E-state index in [1.165, 1.54) is 30.0 Å². The maximum Gasteiger partial charge on any atom is 0.325 e. The van der Waals surface area contributed by atoms with Crippen molar-refractivity contribution in [2.75, 3.05) is 27.3 Å². The highest BCUT2D eigenvalue weighted by Gasteiger charge is 2.36. The van der Waals surface area contributed by atoms with Crippen LogP contribution in [0.2, 0.25) is 10.0 Å². The Hall–Kier alpha value is -2.27. The van der Waals surface area contributed by atoms with Crippen LogP contribution >= 0.6 is 35.4 Å². The Bertz CT molecular complexity index is 825. The number of ether oxygens (including phenoxy) is 2. The number of benzene rings is 1. The second-order valence-corrected chi connectivity index (χ2v) is 6.32. The molecule has 0 aliphatic carbocycles. The fourth-order valence-corrected chi connectivity index (χ4v) is 3.08. The number of terminal acetylenes is 1. The predicted octanol–water partition coefficient (Wildman–Crippen LogP) is 2.58. The van der Waals surface area contributed by atoms with Gasteiger partial charge in [-0.25, -0.2) is 0 Å². The molecule has 0 N–H and O–H groups in total. The molecule has 1 aromatic carbocycles. The number of halogens is 2. The Morgan fingerprint density at radius 2 is 2.00 bits per heavy atom. The molecule has 0 atom stereocenters. The lowest BCUT2D eigenvalue weighted by atomic mass is 10.1. The number of thiocarbonyl (C=S) groups is 1. The summed E-state index contributed by atoms with van der Waals surface area (Å²) in [6.45, 7) is -0.174. The summed E-state index contributed by atoms with van der Waals surface area (Å²) >= 11 is 17.6. The molecule has 1 heterocycles. The lowest BCUT2D eigenvalue weighted by Gasteiger charge is -2.17. The van der Waals surface area contributed by atoms with Crippen molar-refractivity contribution in [2.45, 2.75) is 0 Å². The van der Waals surface area contributed by atoms with Crippen molar-refractivity contribution >= 4 is 58.5 Å². The molecule has 0 unspecified atom stereocenters. The van der Waals surface area contributed by atoms with Crippen LogP contribution in [-0.2, 0) is 14.3 Å². The minimum absolute atomic E-state index is 0.0182. The van der Waals surface area contributed by atoms with Crippen molar-refractivity contribution < 1.29 is 19.1 Å². The molecule has 9 heteroatoms. The molecular weight excluding hydrogens is 399 g/mol. The number of methoxy groups -OCH3 is 1. The number of hydrogen-bond donors (Lipinski definition) is 0. The quantitative estimate of drug-likeness (QED) is 0.320. The van der Waals surface area contributed by atoms with Gasteiger partial charge < -0.3 is 14.4 Å². The van der Waals surface area contributed by atoms with Gasteiger partial charge in [0.05, 0.1) is 17.2 Å². The van der Waals surface area contributed by atoms with Crippen LogP contribution in [0.4, 0.5) is 0 Å². The SMILES string of the molecule is C#CCOc1c(Cl)cc(/C=C2/C(=O)N(C)C(=S)N2CC(=O)OC)cc1Cl. The summed E-state index contributed by atoms with van der Waals surface area (Å²) in [6, 6.07) is 3.13. The summed E-state index contributed by atoms with van der Waals surface area (Å²) in [7, 11) is 2.78. The van der Waals surface area contributed by atoms with Gasteiger partial charge in [0.2, 0.25) is 0 Å². The molecule has 0 saturated carbocycles. The average molecular weight is 413 g/mol. The summed E-state index contributed by atoms with van der Waals surface area (Å²) in [5, 5.41) is 0.666. The molecular formula is C17H14Cl2N2O4S. The van der Waals surface area contributed by atoms with E-state index in [9.17, 15) is 9.59 Å². The first-order valence-electron chi connectivity index (χ1n) is 7.23. The summed E-state index contributed by atoms with van der Waals surface area (Å²) < 4.78 is 9.95. The van der Waals surface area contributed by atoms with Crippen molar-refractivity contribution in [2.24, 2.45) is 0 Å². The smallest absolute Gasteiger partial charge is 0.325 e.